The van der Waals surface area contributed by atoms with Crippen molar-refractivity contribution in [2.45, 2.75) is 6.42 Å². The zero-order valence-corrected chi connectivity index (χ0v) is 9.88. The highest BCUT2D eigenvalue weighted by Crippen LogP contribution is 2.19. The second-order valence-corrected chi connectivity index (χ2v) is 3.80. The number of carbonyl (C=O) groups is 1. The molecule has 0 atom stereocenters. The predicted molar refractivity (Wildman–Crippen MR) is 64.2 cm³/mol. The molecule has 4 nitrogen and oxygen atoms in total. The molecule has 4 heteroatoms. The number of nitrogens with zero attached hydrogens (tertiary/aromatic N) is 2. The Kier molecular flexibility index (Phi) is 3.23. The first kappa shape index (κ1) is 11.4. The van der Waals surface area contributed by atoms with Gasteiger partial charge in [-0.3, -0.25) is 4.79 Å². The molecule has 1 heterocycles. The summed E-state index contributed by atoms with van der Waals surface area (Å²) in [4.78, 5) is 16.0. The van der Waals surface area contributed by atoms with E-state index >= 15 is 0 Å². The Morgan fingerprint density at radius 1 is 1.41 bits per heavy atom. The molecular weight excluding hydrogens is 216 g/mol. The lowest BCUT2D eigenvalue weighted by atomic mass is 10.1. The maximum atomic E-state index is 12.0. The second-order valence-electron chi connectivity index (χ2n) is 3.80. The molecule has 1 aromatic heterocycles. The highest BCUT2D eigenvalue weighted by Gasteiger charge is 2.13. The molecule has 0 saturated heterocycles. The van der Waals surface area contributed by atoms with Crippen LogP contribution in [0.2, 0.25) is 0 Å². The predicted octanol–water partition coefficient (Wildman–Crippen LogP) is 1.85. The van der Waals surface area contributed by atoms with Crippen molar-refractivity contribution in [3.05, 3.63) is 48.0 Å². The van der Waals surface area contributed by atoms with E-state index in [-0.39, 0.29) is 5.78 Å². The molecule has 0 aliphatic rings. The summed E-state index contributed by atoms with van der Waals surface area (Å²) in [7, 11) is 3.41. The van der Waals surface area contributed by atoms with Gasteiger partial charge in [0.05, 0.1) is 19.6 Å². The summed E-state index contributed by atoms with van der Waals surface area (Å²) < 4.78 is 6.94. The van der Waals surface area contributed by atoms with Crippen molar-refractivity contribution in [3.63, 3.8) is 0 Å². The van der Waals surface area contributed by atoms with Crippen LogP contribution >= 0.6 is 0 Å². The highest BCUT2D eigenvalue weighted by molar-refractivity contribution is 5.96. The fourth-order valence-electron chi connectivity index (χ4n) is 1.74. The van der Waals surface area contributed by atoms with Crippen LogP contribution in [0.1, 0.15) is 16.1 Å². The maximum Gasteiger partial charge on any atom is 0.185 e. The number of hydrogen-bond acceptors (Lipinski definition) is 3. The summed E-state index contributed by atoms with van der Waals surface area (Å²) in [5, 5.41) is 0. The molecule has 0 N–H and O–H groups in total. The normalized spacial score (nSPS) is 10.2. The Labute approximate surface area is 99.9 Å². The largest absolute Gasteiger partial charge is 0.496 e. The van der Waals surface area contributed by atoms with Gasteiger partial charge in [-0.2, -0.15) is 0 Å². The molecule has 0 fully saturated rings. The van der Waals surface area contributed by atoms with Crippen molar-refractivity contribution in [1.29, 1.82) is 0 Å². The van der Waals surface area contributed by atoms with Crippen molar-refractivity contribution >= 4 is 5.78 Å². The maximum absolute atomic E-state index is 12.0. The quantitative estimate of drug-likeness (QED) is 0.753. The van der Waals surface area contributed by atoms with E-state index in [1.54, 1.807) is 24.2 Å². The number of aryl methyl sites for hydroxylation is 1. The van der Waals surface area contributed by atoms with E-state index in [0.29, 0.717) is 12.1 Å². The first-order valence-electron chi connectivity index (χ1n) is 5.34. The molecule has 1 aromatic carbocycles. The lowest BCUT2D eigenvalue weighted by Crippen LogP contribution is -2.09. The minimum absolute atomic E-state index is 0.0366. The van der Waals surface area contributed by atoms with E-state index in [1.165, 1.54) is 0 Å². The minimum Gasteiger partial charge on any atom is -0.496 e. The number of benzene rings is 1. The first-order chi connectivity index (χ1) is 8.22. The lowest BCUT2D eigenvalue weighted by Gasteiger charge is -2.07. The fourth-order valence-corrected chi connectivity index (χ4v) is 1.74. The molecule has 2 aromatic rings. The lowest BCUT2D eigenvalue weighted by molar-refractivity contribution is 0.0984. The number of hydrogen-bond donors (Lipinski definition) is 0. The zero-order valence-electron chi connectivity index (χ0n) is 9.88. The molecule has 88 valence electrons. The third-order valence-electron chi connectivity index (χ3n) is 2.65. The van der Waals surface area contributed by atoms with Gasteiger partial charge in [-0.1, -0.05) is 18.2 Å². The number of methoxy groups -OCH3 is 1. The molecule has 0 unspecified atom stereocenters. The van der Waals surface area contributed by atoms with Crippen molar-refractivity contribution in [2.75, 3.05) is 7.11 Å². The molecule has 0 saturated carbocycles. The third kappa shape index (κ3) is 2.36. The van der Waals surface area contributed by atoms with Crippen molar-refractivity contribution in [2.24, 2.45) is 7.05 Å². The van der Waals surface area contributed by atoms with Crippen LogP contribution in [0.25, 0.3) is 0 Å². The van der Waals surface area contributed by atoms with Crippen LogP contribution in [-0.2, 0) is 13.5 Å². The van der Waals surface area contributed by atoms with Crippen LogP contribution in [0.5, 0.6) is 5.75 Å². The smallest absolute Gasteiger partial charge is 0.185 e. The Morgan fingerprint density at radius 3 is 2.82 bits per heavy atom. The summed E-state index contributed by atoms with van der Waals surface area (Å²) in [6, 6.07) is 7.53. The SMILES string of the molecule is COc1ccccc1CC(=O)c1cncn1C. The fraction of sp³-hybridized carbons (Fsp3) is 0.231. The number of ketones is 1. The average Bonchev–Trinajstić information content (AvgIpc) is 2.76. The van der Waals surface area contributed by atoms with Gasteiger partial charge in [0, 0.05) is 19.0 Å². The van der Waals surface area contributed by atoms with Crippen molar-refractivity contribution in [1.82, 2.24) is 9.55 Å². The molecule has 0 radical (unpaired) electrons. The Bertz CT molecular complexity index is 532. The van der Waals surface area contributed by atoms with E-state index < -0.39 is 0 Å². The van der Waals surface area contributed by atoms with E-state index in [4.69, 9.17) is 4.74 Å². The first-order valence-corrected chi connectivity index (χ1v) is 5.34. The number of aromatic nitrogens is 2. The number of para-hydroxylation sites is 1. The third-order valence-corrected chi connectivity index (χ3v) is 2.65. The van der Waals surface area contributed by atoms with E-state index in [1.807, 2.05) is 31.3 Å². The van der Waals surface area contributed by atoms with E-state index in [0.717, 1.165) is 11.3 Å². The van der Waals surface area contributed by atoms with Crippen LogP contribution < -0.4 is 4.74 Å². The highest BCUT2D eigenvalue weighted by atomic mass is 16.5. The number of Topliss-reactive ketones (excluding diaryl/α,β-unsaturated/α-hetero) is 1. The van der Waals surface area contributed by atoms with Gasteiger partial charge < -0.3 is 9.30 Å². The zero-order chi connectivity index (χ0) is 12.3. The van der Waals surface area contributed by atoms with Crippen LogP contribution in [0.4, 0.5) is 0 Å². The van der Waals surface area contributed by atoms with Crippen LogP contribution in [-0.4, -0.2) is 22.4 Å². The standard InChI is InChI=1S/C13H14N2O2/c1-15-9-14-8-11(15)12(16)7-10-5-3-4-6-13(10)17-2/h3-6,8-9H,7H2,1-2H3. The summed E-state index contributed by atoms with van der Waals surface area (Å²) >= 11 is 0. The topological polar surface area (TPSA) is 44.1 Å². The van der Waals surface area contributed by atoms with E-state index in [9.17, 15) is 4.79 Å². The number of rotatable bonds is 4. The number of carbonyl (C=O) groups excluding carboxylic acids is 1. The molecule has 0 aliphatic carbocycles. The Morgan fingerprint density at radius 2 is 2.18 bits per heavy atom. The number of imidazole rings is 1. The van der Waals surface area contributed by atoms with Gasteiger partial charge in [0.15, 0.2) is 5.78 Å². The average molecular weight is 230 g/mol. The molecular formula is C13H14N2O2. The van der Waals surface area contributed by atoms with Gasteiger partial charge in [0.25, 0.3) is 0 Å². The van der Waals surface area contributed by atoms with Gasteiger partial charge in [-0.25, -0.2) is 4.98 Å². The summed E-state index contributed by atoms with van der Waals surface area (Å²) in [5.74, 6) is 0.775. The summed E-state index contributed by atoms with van der Waals surface area (Å²) in [6.07, 6.45) is 3.52. The van der Waals surface area contributed by atoms with Gasteiger partial charge in [0.1, 0.15) is 11.4 Å². The molecule has 17 heavy (non-hydrogen) atoms. The van der Waals surface area contributed by atoms with Crippen molar-refractivity contribution < 1.29 is 9.53 Å². The monoisotopic (exact) mass is 230 g/mol. The van der Waals surface area contributed by atoms with Gasteiger partial charge in [-0.05, 0) is 6.07 Å². The van der Waals surface area contributed by atoms with Gasteiger partial charge >= 0.3 is 0 Å². The summed E-state index contributed by atoms with van der Waals surface area (Å²) in [5.41, 5.74) is 1.50. The number of ether oxygens (including phenoxy) is 1. The summed E-state index contributed by atoms with van der Waals surface area (Å²) in [6.45, 7) is 0. The van der Waals surface area contributed by atoms with E-state index in [2.05, 4.69) is 4.98 Å². The van der Waals surface area contributed by atoms with Crippen molar-refractivity contribution in [3.8, 4) is 5.75 Å². The molecule has 0 aliphatic heterocycles. The van der Waals surface area contributed by atoms with Gasteiger partial charge in [0.2, 0.25) is 0 Å². The second kappa shape index (κ2) is 4.82. The Balaban J connectivity index is 2.22. The molecule has 2 rings (SSSR count). The Hall–Kier alpha value is -2.10. The van der Waals surface area contributed by atoms with Gasteiger partial charge in [-0.15, -0.1) is 0 Å². The van der Waals surface area contributed by atoms with Crippen LogP contribution in [0, 0.1) is 0 Å². The van der Waals surface area contributed by atoms with Crippen LogP contribution in [0.15, 0.2) is 36.8 Å². The van der Waals surface area contributed by atoms with Crippen LogP contribution in [0.3, 0.4) is 0 Å². The minimum atomic E-state index is 0.0366. The molecule has 0 spiro atoms. The molecule has 0 bridgehead atoms. The molecule has 0 amide bonds.